The predicted octanol–water partition coefficient (Wildman–Crippen LogP) is 5.04. The molecule has 0 aliphatic carbocycles. The van der Waals surface area contributed by atoms with E-state index in [9.17, 15) is 13.2 Å². The van der Waals surface area contributed by atoms with Gasteiger partial charge in [0.15, 0.2) is 22.2 Å². The maximum atomic E-state index is 13.6. The Kier molecular flexibility index (Phi) is 6.70. The van der Waals surface area contributed by atoms with E-state index in [1.165, 1.54) is 18.5 Å². The van der Waals surface area contributed by atoms with E-state index in [1.807, 2.05) is 18.2 Å². The van der Waals surface area contributed by atoms with Crippen LogP contribution in [0.4, 0.5) is 11.4 Å². The highest BCUT2D eigenvalue weighted by atomic mass is 32.2. The summed E-state index contributed by atoms with van der Waals surface area (Å²) in [6.07, 6.45) is 0. The molecule has 0 saturated carbocycles. The molecule has 0 atom stereocenters. The number of hydrogen-bond donors (Lipinski definition) is 1. The van der Waals surface area contributed by atoms with Gasteiger partial charge in [-0.3, -0.25) is 9.10 Å². The van der Waals surface area contributed by atoms with E-state index >= 15 is 0 Å². The number of nitrogens with zero attached hydrogens (tertiary/aromatic N) is 1. The Morgan fingerprint density at radius 2 is 1.54 bits per heavy atom. The van der Waals surface area contributed by atoms with E-state index in [4.69, 9.17) is 14.2 Å². The third-order valence-electron chi connectivity index (χ3n) is 5.66. The van der Waals surface area contributed by atoms with Crippen LogP contribution >= 0.6 is 0 Å². The van der Waals surface area contributed by atoms with Gasteiger partial charge in [-0.2, -0.15) is 0 Å². The zero-order valence-corrected chi connectivity index (χ0v) is 20.7. The van der Waals surface area contributed by atoms with E-state index in [0.29, 0.717) is 45.5 Å². The highest BCUT2D eigenvalue weighted by Gasteiger charge is 2.39. The molecule has 1 amide bonds. The third kappa shape index (κ3) is 4.42. The minimum absolute atomic E-state index is 0.128. The number of ether oxygens (including phenoxy) is 3. The molecule has 0 radical (unpaired) electrons. The Labute approximate surface area is 204 Å². The zero-order valence-electron chi connectivity index (χ0n) is 19.9. The van der Waals surface area contributed by atoms with Gasteiger partial charge in [-0.1, -0.05) is 30.3 Å². The van der Waals surface area contributed by atoms with Crippen molar-refractivity contribution < 1.29 is 27.4 Å². The van der Waals surface area contributed by atoms with Gasteiger partial charge in [0.1, 0.15) is 5.75 Å². The van der Waals surface area contributed by atoms with Crippen LogP contribution < -0.4 is 23.8 Å². The van der Waals surface area contributed by atoms with Crippen molar-refractivity contribution in [3.63, 3.8) is 0 Å². The number of methoxy groups -OCH3 is 2. The molecular weight excluding hydrogens is 468 g/mol. The lowest BCUT2D eigenvalue weighted by atomic mass is 10.0. The first-order valence-corrected chi connectivity index (χ1v) is 12.4. The van der Waals surface area contributed by atoms with Gasteiger partial charge in [0.2, 0.25) is 0 Å². The number of hydrogen-bond acceptors (Lipinski definition) is 6. The summed E-state index contributed by atoms with van der Waals surface area (Å²) in [5, 5.41) is 2.73. The number of sulfonamides is 1. The topological polar surface area (TPSA) is 94.2 Å². The number of nitrogens with one attached hydrogen (secondary N) is 1. The summed E-state index contributed by atoms with van der Waals surface area (Å²) in [7, 11) is -1.17. The molecule has 1 heterocycles. The summed E-state index contributed by atoms with van der Waals surface area (Å²) in [4.78, 5) is 13.1. The first kappa shape index (κ1) is 24.2. The average Bonchev–Trinajstić information content (AvgIpc) is 2.85. The molecule has 0 aromatic heterocycles. The van der Waals surface area contributed by atoms with Gasteiger partial charge >= 0.3 is 0 Å². The molecule has 0 fully saturated rings. The number of anilines is 2. The SMILES string of the molecule is CCN1c2cc(OC)c(OC)cc2C(C)=C(C(=O)Nc2ccccc2Oc2ccccc2)S1(=O)=O. The van der Waals surface area contributed by atoms with Crippen molar-refractivity contribution in [3.8, 4) is 23.0 Å². The zero-order chi connectivity index (χ0) is 25.2. The summed E-state index contributed by atoms with van der Waals surface area (Å²) in [5.74, 6) is 1.04. The molecule has 35 heavy (non-hydrogen) atoms. The highest BCUT2D eigenvalue weighted by Crippen LogP contribution is 2.45. The first-order valence-electron chi connectivity index (χ1n) is 10.9. The average molecular weight is 495 g/mol. The molecule has 0 unspecified atom stereocenters. The Bertz CT molecular complexity index is 1400. The van der Waals surface area contributed by atoms with Crippen LogP contribution in [0.5, 0.6) is 23.0 Å². The largest absolute Gasteiger partial charge is 0.493 e. The molecule has 0 spiro atoms. The summed E-state index contributed by atoms with van der Waals surface area (Å²) in [5.41, 5.74) is 1.65. The molecule has 1 N–H and O–H groups in total. The number of carbonyl (C=O) groups excluding carboxylic acids is 1. The minimum atomic E-state index is -4.15. The van der Waals surface area contributed by atoms with Crippen molar-refractivity contribution in [1.29, 1.82) is 0 Å². The van der Waals surface area contributed by atoms with Crippen molar-refractivity contribution >= 4 is 32.9 Å². The predicted molar refractivity (Wildman–Crippen MR) is 136 cm³/mol. The van der Waals surface area contributed by atoms with Gasteiger partial charge in [0.25, 0.3) is 15.9 Å². The molecule has 8 nitrogen and oxygen atoms in total. The number of carbonyl (C=O) groups is 1. The van der Waals surface area contributed by atoms with Crippen molar-refractivity contribution in [1.82, 2.24) is 0 Å². The quantitative estimate of drug-likeness (QED) is 0.495. The van der Waals surface area contributed by atoms with Gasteiger partial charge in [-0.25, -0.2) is 8.42 Å². The minimum Gasteiger partial charge on any atom is -0.493 e. The van der Waals surface area contributed by atoms with Crippen LogP contribution in [-0.4, -0.2) is 35.1 Å². The van der Waals surface area contributed by atoms with Gasteiger partial charge in [-0.15, -0.1) is 0 Å². The van der Waals surface area contributed by atoms with Crippen LogP contribution in [0.1, 0.15) is 19.4 Å². The molecule has 0 bridgehead atoms. The molecule has 3 aromatic rings. The monoisotopic (exact) mass is 494 g/mol. The fourth-order valence-electron chi connectivity index (χ4n) is 4.01. The van der Waals surface area contributed by atoms with E-state index in [2.05, 4.69) is 5.32 Å². The van der Waals surface area contributed by atoms with E-state index in [0.717, 1.165) is 0 Å². The highest BCUT2D eigenvalue weighted by molar-refractivity contribution is 7.97. The summed E-state index contributed by atoms with van der Waals surface area (Å²) >= 11 is 0. The molecule has 1 aliphatic rings. The van der Waals surface area contributed by atoms with E-state index < -0.39 is 15.9 Å². The fourth-order valence-corrected chi connectivity index (χ4v) is 5.76. The van der Waals surface area contributed by atoms with Crippen LogP contribution in [0.3, 0.4) is 0 Å². The Balaban J connectivity index is 1.78. The normalized spacial score (nSPS) is 14.2. The number of rotatable bonds is 7. The molecule has 4 rings (SSSR count). The van der Waals surface area contributed by atoms with Gasteiger partial charge in [0.05, 0.1) is 25.6 Å². The van der Waals surface area contributed by atoms with Crippen LogP contribution in [-0.2, 0) is 14.8 Å². The van der Waals surface area contributed by atoms with Gasteiger partial charge in [-0.05, 0) is 49.8 Å². The van der Waals surface area contributed by atoms with Crippen molar-refractivity contribution in [3.05, 3.63) is 77.2 Å². The molecule has 3 aromatic carbocycles. The first-order chi connectivity index (χ1) is 16.8. The van der Waals surface area contributed by atoms with Gasteiger partial charge < -0.3 is 19.5 Å². The molecule has 0 saturated heterocycles. The van der Waals surface area contributed by atoms with E-state index in [1.54, 1.807) is 62.4 Å². The van der Waals surface area contributed by atoms with Crippen LogP contribution in [0.25, 0.3) is 5.57 Å². The second-order valence-electron chi connectivity index (χ2n) is 7.71. The fraction of sp³-hybridized carbons (Fsp3) is 0.192. The number of para-hydroxylation sites is 3. The lowest BCUT2D eigenvalue weighted by Gasteiger charge is -2.32. The number of allylic oxidation sites excluding steroid dienone is 1. The Morgan fingerprint density at radius 3 is 2.20 bits per heavy atom. The molecule has 182 valence electrons. The second kappa shape index (κ2) is 9.71. The summed E-state index contributed by atoms with van der Waals surface area (Å²) < 4.78 is 45.0. The van der Waals surface area contributed by atoms with E-state index in [-0.39, 0.29) is 11.4 Å². The lowest BCUT2D eigenvalue weighted by Crippen LogP contribution is -2.39. The second-order valence-corrected chi connectivity index (χ2v) is 9.51. The van der Waals surface area contributed by atoms with Crippen molar-refractivity contribution in [2.75, 3.05) is 30.4 Å². The summed E-state index contributed by atoms with van der Waals surface area (Å²) in [6, 6.07) is 19.2. The molecule has 1 aliphatic heterocycles. The maximum absolute atomic E-state index is 13.6. The van der Waals surface area contributed by atoms with Crippen LogP contribution in [0, 0.1) is 0 Å². The Hall–Kier alpha value is -3.98. The maximum Gasteiger partial charge on any atom is 0.270 e. The third-order valence-corrected chi connectivity index (χ3v) is 7.71. The van der Waals surface area contributed by atoms with Crippen molar-refractivity contribution in [2.24, 2.45) is 0 Å². The van der Waals surface area contributed by atoms with Gasteiger partial charge in [0, 0.05) is 18.2 Å². The summed E-state index contributed by atoms with van der Waals surface area (Å²) in [6.45, 7) is 3.44. The molecular formula is C26H26N2O6S. The number of fused-ring (bicyclic) bond motifs is 1. The Morgan fingerprint density at radius 1 is 0.914 bits per heavy atom. The standard InChI is InChI=1S/C26H26N2O6S/c1-5-28-21-16-24(33-4)23(32-3)15-19(21)17(2)25(35(28,30)31)26(29)27-20-13-9-10-14-22(20)34-18-11-7-6-8-12-18/h6-16H,5H2,1-4H3,(H,27,29). The van der Waals surface area contributed by atoms with Crippen LogP contribution in [0.2, 0.25) is 0 Å². The smallest absolute Gasteiger partial charge is 0.270 e. The molecule has 9 heteroatoms. The number of benzene rings is 3. The van der Waals surface area contributed by atoms with Crippen LogP contribution in [0.15, 0.2) is 71.6 Å². The van der Waals surface area contributed by atoms with Crippen molar-refractivity contribution in [2.45, 2.75) is 13.8 Å². The lowest BCUT2D eigenvalue weighted by molar-refractivity contribution is -0.112. The number of amides is 1.